The number of aliphatic carboxylic acids is 1. The Hall–Kier alpha value is -8.00. The number of carbonyl (C=O) groups is 14. The number of aliphatic hydroxyl groups is 1. The number of nitrogens with zero attached hydrogens (tertiary/aromatic N) is 7. The molecule has 0 aromatic heterocycles. The number of carboxylic acid groups (broad SMARTS) is 1. The van der Waals surface area contributed by atoms with E-state index in [9.17, 15) is 72.2 Å². The highest BCUT2D eigenvalue weighted by Gasteiger charge is 2.44. The summed E-state index contributed by atoms with van der Waals surface area (Å²) >= 11 is 0. The lowest BCUT2D eigenvalue weighted by Gasteiger charge is -2.39. The standard InChI is InChI=1S/C61H105N13O19/c1-19-23-25-35(5)50(79)49-54(83)67-48(41(11)93-61(90)63-29-31-92-33-32-91-30-28-62-45(75)26-24-27-47(77)78)60(89)68(12)34-46(76)71(15)42(20-2)52(81)66-38(8)55(84)72(16)43(21-3)53(82)64-36(6)51(80)65-37(7)56(85)73(17)44(22-4)59(88)70(14)39(9)57(86)69(13)40(10)58(87)74(49)18/h19,23,35-44,48-50,79H,20-22,24-34H2,1-18H3,(H,62,75)(H,63,90)(H,64,82)(H,65,80)(H,66,81)(H,67,83)(H,77,78)/b23-19+. The number of carbonyl (C=O) groups excluding carboxylic acids is 13. The average molecular weight is 1320 g/mol. The number of nitrogens with one attached hydrogen (secondary N) is 6. The maximum absolute atomic E-state index is 15.0. The summed E-state index contributed by atoms with van der Waals surface area (Å²) in [4.78, 5) is 199. The molecule has 32 heteroatoms. The van der Waals surface area contributed by atoms with Crippen LogP contribution in [-0.4, -0.2) is 295 Å². The normalized spacial score (nSPS) is 25.3. The summed E-state index contributed by atoms with van der Waals surface area (Å²) in [7, 11) is 8.97. The van der Waals surface area contributed by atoms with Crippen molar-refractivity contribution in [2.75, 3.05) is 95.4 Å². The summed E-state index contributed by atoms with van der Waals surface area (Å²) in [5, 5.41) is 36.1. The Labute approximate surface area is 546 Å². The Morgan fingerprint density at radius 1 is 0.559 bits per heavy atom. The van der Waals surface area contributed by atoms with Crippen molar-refractivity contribution >= 4 is 82.9 Å². The lowest BCUT2D eigenvalue weighted by molar-refractivity contribution is -0.155. The Bertz CT molecular complexity index is 2610. The molecule has 13 amide bonds. The van der Waals surface area contributed by atoms with Crippen molar-refractivity contribution in [3.05, 3.63) is 12.2 Å². The molecule has 0 bridgehead atoms. The molecule has 93 heavy (non-hydrogen) atoms. The molecule has 0 aromatic rings. The second-order valence-corrected chi connectivity index (χ2v) is 23.3. The van der Waals surface area contributed by atoms with E-state index in [0.29, 0.717) is 0 Å². The van der Waals surface area contributed by atoms with Crippen LogP contribution in [0, 0.1) is 5.92 Å². The second-order valence-electron chi connectivity index (χ2n) is 23.3. The highest BCUT2D eigenvalue weighted by atomic mass is 16.6. The molecule has 1 heterocycles. The molecule has 13 unspecified atom stereocenters. The minimum atomic E-state index is -1.86. The first-order chi connectivity index (χ1) is 43.5. The molecular weight excluding hydrogens is 1220 g/mol. The highest BCUT2D eigenvalue weighted by Crippen LogP contribution is 2.21. The number of hydrogen-bond donors (Lipinski definition) is 8. The Balaban J connectivity index is 3.88. The van der Waals surface area contributed by atoms with Gasteiger partial charge in [0.05, 0.1) is 39.1 Å². The summed E-state index contributed by atoms with van der Waals surface area (Å²) < 4.78 is 16.6. The first kappa shape index (κ1) is 83.0. The number of likely N-dealkylation sites (N-methyl/N-ethyl adjacent to an activating group) is 7. The van der Waals surface area contributed by atoms with Gasteiger partial charge >= 0.3 is 12.1 Å². The minimum Gasteiger partial charge on any atom is -0.481 e. The van der Waals surface area contributed by atoms with Crippen LogP contribution < -0.4 is 31.9 Å². The van der Waals surface area contributed by atoms with Crippen molar-refractivity contribution in [2.45, 2.75) is 194 Å². The second kappa shape index (κ2) is 40.9. The number of rotatable bonds is 22. The molecule has 1 fully saturated rings. The van der Waals surface area contributed by atoms with Crippen LogP contribution in [0.1, 0.15) is 121 Å². The quantitative estimate of drug-likeness (QED) is 0.0437. The lowest BCUT2D eigenvalue weighted by atomic mass is 9.92. The van der Waals surface area contributed by atoms with Gasteiger partial charge in [-0.1, -0.05) is 39.8 Å². The largest absolute Gasteiger partial charge is 0.481 e. The first-order valence-electron chi connectivity index (χ1n) is 31.4. The van der Waals surface area contributed by atoms with Crippen molar-refractivity contribution in [1.29, 1.82) is 0 Å². The smallest absolute Gasteiger partial charge is 0.407 e. The fourth-order valence-corrected chi connectivity index (χ4v) is 9.98. The van der Waals surface area contributed by atoms with Crippen LogP contribution in [0.15, 0.2) is 12.2 Å². The zero-order valence-corrected chi connectivity index (χ0v) is 57.5. The Morgan fingerprint density at radius 2 is 1.02 bits per heavy atom. The van der Waals surface area contributed by atoms with E-state index in [1.807, 2.05) is 0 Å². The summed E-state index contributed by atoms with van der Waals surface area (Å²) in [6.07, 6.45) is -0.489. The molecular formula is C61H105N13O19. The molecule has 32 nitrogen and oxygen atoms in total. The van der Waals surface area contributed by atoms with Crippen LogP contribution in [0.5, 0.6) is 0 Å². The van der Waals surface area contributed by atoms with Crippen LogP contribution in [0.2, 0.25) is 0 Å². The van der Waals surface area contributed by atoms with Crippen molar-refractivity contribution < 1.29 is 91.5 Å². The van der Waals surface area contributed by atoms with Crippen LogP contribution in [0.25, 0.3) is 0 Å². The molecule has 1 aliphatic heterocycles. The third-order valence-electron chi connectivity index (χ3n) is 16.3. The summed E-state index contributed by atoms with van der Waals surface area (Å²) in [5.74, 6) is -11.1. The molecule has 0 aromatic carbocycles. The topological polar surface area (TPSA) is 402 Å². The monoisotopic (exact) mass is 1320 g/mol. The number of ether oxygens (including phenoxy) is 3. The van der Waals surface area contributed by atoms with Crippen LogP contribution >= 0.6 is 0 Å². The van der Waals surface area contributed by atoms with E-state index >= 15 is 0 Å². The molecule has 0 radical (unpaired) electrons. The van der Waals surface area contributed by atoms with Crippen LogP contribution in [-0.2, 0) is 76.5 Å². The molecule has 0 aliphatic carbocycles. The van der Waals surface area contributed by atoms with E-state index in [2.05, 4.69) is 31.9 Å². The highest BCUT2D eigenvalue weighted by molar-refractivity contribution is 5.99. The van der Waals surface area contributed by atoms with Gasteiger partial charge in [-0.2, -0.15) is 0 Å². The van der Waals surface area contributed by atoms with Gasteiger partial charge < -0.3 is 90.6 Å². The van der Waals surface area contributed by atoms with E-state index in [1.54, 1.807) is 46.8 Å². The average Bonchev–Trinajstić information content (AvgIpc) is 0.880. The number of allylic oxidation sites excluding steroid dienone is 2. The number of amides is 13. The lowest BCUT2D eigenvalue weighted by Crippen LogP contribution is -2.63. The van der Waals surface area contributed by atoms with Gasteiger partial charge in [0.2, 0.25) is 70.9 Å². The Morgan fingerprint density at radius 3 is 1.53 bits per heavy atom. The van der Waals surface area contributed by atoms with E-state index < -0.39 is 162 Å². The van der Waals surface area contributed by atoms with Crippen molar-refractivity contribution in [2.24, 2.45) is 5.92 Å². The maximum Gasteiger partial charge on any atom is 0.407 e. The third-order valence-corrected chi connectivity index (χ3v) is 16.3. The van der Waals surface area contributed by atoms with E-state index in [-0.39, 0.29) is 90.4 Å². The number of alkyl carbamates (subject to hydrolysis) is 1. The van der Waals surface area contributed by atoms with E-state index in [0.717, 1.165) is 34.3 Å². The van der Waals surface area contributed by atoms with Gasteiger partial charge in [0.25, 0.3) is 0 Å². The van der Waals surface area contributed by atoms with Gasteiger partial charge in [0, 0.05) is 75.3 Å². The van der Waals surface area contributed by atoms with Crippen molar-refractivity contribution in [3.63, 3.8) is 0 Å². The zero-order chi connectivity index (χ0) is 71.3. The van der Waals surface area contributed by atoms with Gasteiger partial charge in [0.15, 0.2) is 0 Å². The molecule has 8 N–H and O–H groups in total. The molecule has 1 aliphatic rings. The number of aliphatic hydroxyl groups excluding tert-OH is 1. The van der Waals surface area contributed by atoms with Crippen LogP contribution in [0.3, 0.4) is 0 Å². The number of carboxylic acids is 1. The molecule has 528 valence electrons. The molecule has 1 rings (SSSR count). The first-order valence-corrected chi connectivity index (χ1v) is 31.4. The third kappa shape index (κ3) is 25.4. The maximum atomic E-state index is 15.0. The summed E-state index contributed by atoms with van der Waals surface area (Å²) in [6.45, 7) is 15.9. The van der Waals surface area contributed by atoms with Crippen LogP contribution in [0.4, 0.5) is 4.79 Å². The van der Waals surface area contributed by atoms with Crippen molar-refractivity contribution in [3.8, 4) is 0 Å². The predicted octanol–water partition coefficient (Wildman–Crippen LogP) is -1.83. The van der Waals surface area contributed by atoms with Gasteiger partial charge in [-0.15, -0.1) is 0 Å². The molecule has 0 spiro atoms. The van der Waals surface area contributed by atoms with Gasteiger partial charge in [-0.25, -0.2) is 4.79 Å². The predicted molar refractivity (Wildman–Crippen MR) is 339 cm³/mol. The molecule has 1 saturated heterocycles. The van der Waals surface area contributed by atoms with E-state index in [1.165, 1.54) is 90.9 Å². The molecule has 13 atom stereocenters. The fraction of sp³-hybridized carbons (Fsp3) is 0.738. The zero-order valence-electron chi connectivity index (χ0n) is 57.5. The number of hydrogen-bond acceptors (Lipinski definition) is 18. The van der Waals surface area contributed by atoms with Gasteiger partial charge in [0.1, 0.15) is 66.5 Å². The molecule has 0 saturated carbocycles. The van der Waals surface area contributed by atoms with Crippen molar-refractivity contribution in [1.82, 2.24) is 66.2 Å². The van der Waals surface area contributed by atoms with Gasteiger partial charge in [-0.05, 0) is 86.5 Å². The minimum absolute atomic E-state index is 0.000396. The summed E-state index contributed by atoms with van der Waals surface area (Å²) in [6, 6.07) is -13.7. The fourth-order valence-electron chi connectivity index (χ4n) is 9.98. The summed E-state index contributed by atoms with van der Waals surface area (Å²) in [5.41, 5.74) is 0. The van der Waals surface area contributed by atoms with E-state index in [4.69, 9.17) is 19.3 Å². The van der Waals surface area contributed by atoms with Gasteiger partial charge in [-0.3, -0.25) is 62.3 Å². The SMILES string of the molecule is C/C=C/CC(C)C(O)C1C(=O)NC(C(C)OC(=O)NCCOCCOCCNC(=O)CCCC(=O)O)C(=O)N(C)CC(=O)N(C)C(CC)C(=O)NC(C)C(=O)N(C)C(CC)C(=O)NC(C)C(=O)NC(C)C(=O)N(C)C(CC)C(=O)N(C)C(C)C(=O)N(C)C(C)C(=O)N1C. The Kier molecular flexibility index (Phi) is 36.5.